The summed E-state index contributed by atoms with van der Waals surface area (Å²) in [6.45, 7) is -11.7. The van der Waals surface area contributed by atoms with Crippen LogP contribution in [0.5, 0.6) is 0 Å². The first-order chi connectivity index (χ1) is 8.56. The molecule has 11 heavy (non-hydrogen) atoms. The van der Waals surface area contributed by atoms with E-state index in [9.17, 15) is 9.90 Å². The zero-order valence-electron chi connectivity index (χ0n) is 14.7. The zero-order valence-corrected chi connectivity index (χ0v) is 5.74. The lowest BCUT2D eigenvalue weighted by molar-refractivity contribution is -0.873. The van der Waals surface area contributed by atoms with Crippen molar-refractivity contribution in [3.63, 3.8) is 0 Å². The van der Waals surface area contributed by atoms with Gasteiger partial charge in [-0.1, -0.05) is 0 Å². The first-order valence-corrected chi connectivity index (χ1v) is 2.84. The van der Waals surface area contributed by atoms with Gasteiger partial charge in [0.25, 0.3) is 0 Å². The molecule has 0 aliphatic rings. The Hall–Kier alpha value is -0.610. The maximum atomic E-state index is 10.5. The summed E-state index contributed by atoms with van der Waals surface area (Å²) in [5, 5.41) is 18.0. The van der Waals surface area contributed by atoms with E-state index in [0.717, 1.165) is 0 Å². The summed E-state index contributed by atoms with van der Waals surface area (Å²) in [4.78, 5) is 10.5. The summed E-state index contributed by atoms with van der Waals surface area (Å²) >= 11 is 0. The van der Waals surface area contributed by atoms with Crippen LogP contribution in [0.1, 0.15) is 18.8 Å². The van der Waals surface area contributed by atoms with E-state index in [4.69, 9.17) is 17.4 Å². The number of nitrogens with zero attached hydrogens (tertiary/aromatic N) is 1. The van der Waals surface area contributed by atoms with Crippen LogP contribution in [0.15, 0.2) is 0 Å². The number of aliphatic hydroxyl groups is 1. The normalized spacial score (nSPS) is 30.1. The molecular weight excluding hydrogens is 146 g/mol. The largest absolute Gasteiger partial charge is 0.481 e. The highest BCUT2D eigenvalue weighted by molar-refractivity contribution is 5.67. The van der Waals surface area contributed by atoms with Crippen molar-refractivity contribution in [2.45, 2.75) is 12.5 Å². The molecule has 0 aliphatic carbocycles. The van der Waals surface area contributed by atoms with Crippen LogP contribution in [-0.4, -0.2) is 54.2 Å². The number of carboxylic acid groups (broad SMARTS) is 1. The number of carboxylic acids is 1. The summed E-state index contributed by atoms with van der Waals surface area (Å²) in [5.74, 6) is -1.50. The molecular formula is C7H16NO3+. The predicted molar refractivity (Wildman–Crippen MR) is 41.2 cm³/mol. The van der Waals surface area contributed by atoms with Crippen molar-refractivity contribution in [2.24, 2.45) is 0 Å². The van der Waals surface area contributed by atoms with Crippen LogP contribution < -0.4 is 0 Å². The molecule has 0 heterocycles. The van der Waals surface area contributed by atoms with E-state index < -0.39 is 50.4 Å². The van der Waals surface area contributed by atoms with Gasteiger partial charge in [0.05, 0.1) is 39.7 Å². The zero-order chi connectivity index (χ0) is 16.6. The highest BCUT2D eigenvalue weighted by Gasteiger charge is 2.17. The first-order valence-electron chi connectivity index (χ1n) is 7.34. The molecule has 0 aromatic carbocycles. The molecule has 0 aromatic heterocycles. The topological polar surface area (TPSA) is 57.5 Å². The van der Waals surface area contributed by atoms with Crippen LogP contribution in [0.3, 0.4) is 0 Å². The van der Waals surface area contributed by atoms with Crippen molar-refractivity contribution in [2.75, 3.05) is 27.5 Å². The summed E-state index contributed by atoms with van der Waals surface area (Å²) < 4.78 is 62.9. The molecule has 0 spiro atoms. The van der Waals surface area contributed by atoms with Gasteiger partial charge in [-0.05, 0) is 0 Å². The Morgan fingerprint density at radius 1 is 1.64 bits per heavy atom. The van der Waals surface area contributed by atoms with Gasteiger partial charge >= 0.3 is 5.97 Å². The number of likely N-dealkylation sites (N-methyl/N-ethyl adjacent to an activating group) is 1. The molecule has 4 heteroatoms. The minimum atomic E-state index is -3.49. The Kier molecular flexibility index (Phi) is 0.908. The lowest BCUT2D eigenvalue weighted by Gasteiger charge is -2.25. The van der Waals surface area contributed by atoms with E-state index in [0.29, 0.717) is 0 Å². The molecule has 0 unspecified atom stereocenters. The van der Waals surface area contributed by atoms with Gasteiger partial charge in [-0.3, -0.25) is 4.79 Å². The SMILES string of the molecule is [2H]C([2H])([2H])[N+](C[C@@H](O)CC(=O)O)(C([2H])([2H])[2H])C([2H])([2H])[2H]. The van der Waals surface area contributed by atoms with E-state index in [-0.39, 0.29) is 0 Å². The second-order valence-electron chi connectivity index (χ2n) is 2.24. The van der Waals surface area contributed by atoms with Crippen molar-refractivity contribution in [1.82, 2.24) is 0 Å². The van der Waals surface area contributed by atoms with E-state index in [1.54, 1.807) is 0 Å². The third-order valence-corrected chi connectivity index (χ3v) is 0.895. The molecule has 0 saturated heterocycles. The van der Waals surface area contributed by atoms with Crippen molar-refractivity contribution >= 4 is 5.97 Å². The number of aliphatic carboxylic acids is 1. The van der Waals surface area contributed by atoms with Gasteiger partial charge in [0.15, 0.2) is 0 Å². The average molecular weight is 171 g/mol. The third-order valence-electron chi connectivity index (χ3n) is 0.895. The molecule has 2 N–H and O–H groups in total. The van der Waals surface area contributed by atoms with Crippen molar-refractivity contribution < 1.29 is 31.8 Å². The van der Waals surface area contributed by atoms with Gasteiger partial charge in [0.2, 0.25) is 0 Å². The Morgan fingerprint density at radius 3 is 2.55 bits per heavy atom. The highest BCUT2D eigenvalue weighted by Crippen LogP contribution is 1.98. The summed E-state index contributed by atoms with van der Waals surface area (Å²) in [7, 11) is 0. The average Bonchev–Trinajstić information content (AvgIpc) is 2.06. The molecule has 0 radical (unpaired) electrons. The van der Waals surface area contributed by atoms with Crippen LogP contribution in [0.2, 0.25) is 0 Å². The number of hydrogen-bond donors (Lipinski definition) is 2. The van der Waals surface area contributed by atoms with Crippen LogP contribution in [0.25, 0.3) is 0 Å². The fourth-order valence-corrected chi connectivity index (χ4v) is 0.582. The summed E-state index contributed by atoms with van der Waals surface area (Å²) in [6, 6.07) is 0. The quantitative estimate of drug-likeness (QED) is 0.562. The van der Waals surface area contributed by atoms with E-state index in [2.05, 4.69) is 0 Å². The summed E-state index contributed by atoms with van der Waals surface area (Å²) in [6.07, 6.45) is -2.88. The number of aliphatic hydroxyl groups excluding tert-OH is 1. The molecule has 66 valence electrons. The maximum Gasteiger partial charge on any atom is 0.306 e. The van der Waals surface area contributed by atoms with Crippen molar-refractivity contribution in [3.8, 4) is 0 Å². The number of hydrogen-bond acceptors (Lipinski definition) is 2. The number of carbonyl (C=O) groups is 1. The minimum absolute atomic E-state index is 0.956. The molecule has 0 saturated carbocycles. The number of rotatable bonds is 4. The Balaban J connectivity index is 5.86. The third kappa shape index (κ3) is 7.29. The van der Waals surface area contributed by atoms with Crippen LogP contribution >= 0.6 is 0 Å². The fraction of sp³-hybridized carbons (Fsp3) is 0.857. The van der Waals surface area contributed by atoms with E-state index >= 15 is 0 Å². The smallest absolute Gasteiger partial charge is 0.306 e. The fourth-order valence-electron chi connectivity index (χ4n) is 0.582. The molecule has 0 amide bonds. The van der Waals surface area contributed by atoms with E-state index in [1.165, 1.54) is 0 Å². The highest BCUT2D eigenvalue weighted by atomic mass is 16.4. The Bertz CT molecular complexity index is 322. The minimum Gasteiger partial charge on any atom is -0.481 e. The lowest BCUT2D eigenvalue weighted by Crippen LogP contribution is -2.42. The summed E-state index contributed by atoms with van der Waals surface area (Å²) in [5.41, 5.74) is 0. The van der Waals surface area contributed by atoms with E-state index in [1.807, 2.05) is 0 Å². The maximum absolute atomic E-state index is 10.5. The number of quaternary nitrogens is 1. The second-order valence-corrected chi connectivity index (χ2v) is 2.24. The monoisotopic (exact) mass is 171 g/mol. The molecule has 0 aromatic rings. The molecule has 0 aliphatic heterocycles. The molecule has 0 rings (SSSR count). The van der Waals surface area contributed by atoms with Gasteiger partial charge in [-0.15, -0.1) is 0 Å². The van der Waals surface area contributed by atoms with Gasteiger partial charge in [-0.2, -0.15) is 0 Å². The van der Waals surface area contributed by atoms with Gasteiger partial charge in [0, 0.05) is 0 Å². The van der Waals surface area contributed by atoms with Crippen LogP contribution in [-0.2, 0) is 4.79 Å². The predicted octanol–water partition coefficient (Wildman–Crippen LogP) is -0.472. The lowest BCUT2D eigenvalue weighted by atomic mass is 10.2. The Labute approximate surface area is 79.3 Å². The first kappa shape index (κ1) is 2.71. The molecule has 4 nitrogen and oxygen atoms in total. The van der Waals surface area contributed by atoms with Gasteiger partial charge in [0.1, 0.15) is 12.6 Å². The molecule has 0 fully saturated rings. The van der Waals surface area contributed by atoms with Crippen LogP contribution in [0, 0.1) is 0 Å². The van der Waals surface area contributed by atoms with Crippen molar-refractivity contribution in [1.29, 1.82) is 0 Å². The molecule has 1 atom stereocenters. The molecule has 0 bridgehead atoms. The Morgan fingerprint density at radius 2 is 2.18 bits per heavy atom. The van der Waals surface area contributed by atoms with Crippen molar-refractivity contribution in [3.05, 3.63) is 0 Å². The standard InChI is InChI=1S/C7H15NO3/c1-8(2,3)5-6(9)4-7(10)11/h6,9H,4-5H2,1-3H3/p+1/t6-/m0/s1/i1D3,2D3,3D3. The van der Waals surface area contributed by atoms with Crippen LogP contribution in [0.4, 0.5) is 0 Å². The second kappa shape index (κ2) is 3.69. The van der Waals surface area contributed by atoms with Gasteiger partial charge < -0.3 is 14.7 Å². The van der Waals surface area contributed by atoms with Gasteiger partial charge in [-0.25, -0.2) is 0 Å².